The summed E-state index contributed by atoms with van der Waals surface area (Å²) in [5.74, 6) is 0.0868. The average Bonchev–Trinajstić information content (AvgIpc) is 2.86. The van der Waals surface area contributed by atoms with Gasteiger partial charge in [-0.05, 0) is 42.8 Å². The van der Waals surface area contributed by atoms with E-state index in [1.807, 2.05) is 0 Å². The van der Waals surface area contributed by atoms with Crippen LogP contribution in [0.4, 0.5) is 10.5 Å². The first-order chi connectivity index (χ1) is 12.8. The first kappa shape index (κ1) is 18.7. The molecule has 3 amide bonds. The smallest absolute Gasteiger partial charge is 0.325 e. The summed E-state index contributed by atoms with van der Waals surface area (Å²) in [5, 5.41) is 13.9. The minimum atomic E-state index is -1.29. The van der Waals surface area contributed by atoms with Gasteiger partial charge in [0.25, 0.3) is 11.6 Å². The highest BCUT2D eigenvalue weighted by atomic mass is 35.5. The first-order valence-electron chi connectivity index (χ1n) is 8.08. The minimum absolute atomic E-state index is 0.0553. The number of nitrogens with zero attached hydrogens (tertiary/aromatic N) is 2. The number of rotatable bonds is 6. The number of amides is 3. The highest BCUT2D eigenvalue weighted by Gasteiger charge is 2.48. The van der Waals surface area contributed by atoms with Gasteiger partial charge >= 0.3 is 6.03 Å². The largest absolute Gasteiger partial charge is 0.492 e. The van der Waals surface area contributed by atoms with Gasteiger partial charge < -0.3 is 10.1 Å². The molecule has 0 bridgehead atoms. The maximum Gasteiger partial charge on any atom is 0.325 e. The molecule has 1 unspecified atom stereocenters. The zero-order chi connectivity index (χ0) is 19.6. The standard InChI is InChI=1S/C18H16ClN3O5/c1-18(12-5-7-14(8-6-12)22(25)26)16(23)21(17(24)20-18)9-10-27-15-4-2-3-13(19)11-15/h2-8,11H,9-10H2,1H3,(H,20,24). The third-order valence-corrected chi connectivity index (χ3v) is 4.55. The molecule has 9 heteroatoms. The lowest BCUT2D eigenvalue weighted by Gasteiger charge is -2.22. The molecule has 1 aliphatic heterocycles. The van der Waals surface area contributed by atoms with E-state index in [1.165, 1.54) is 24.3 Å². The molecule has 1 atom stereocenters. The van der Waals surface area contributed by atoms with E-state index in [1.54, 1.807) is 31.2 Å². The van der Waals surface area contributed by atoms with Crippen molar-refractivity contribution in [3.63, 3.8) is 0 Å². The number of carbonyl (C=O) groups is 2. The van der Waals surface area contributed by atoms with E-state index < -0.39 is 22.4 Å². The van der Waals surface area contributed by atoms with E-state index in [0.717, 1.165) is 4.90 Å². The minimum Gasteiger partial charge on any atom is -0.492 e. The van der Waals surface area contributed by atoms with Crippen LogP contribution in [0, 0.1) is 10.1 Å². The number of halogens is 1. The predicted molar refractivity (Wildman–Crippen MR) is 97.6 cm³/mol. The summed E-state index contributed by atoms with van der Waals surface area (Å²) >= 11 is 5.88. The maximum absolute atomic E-state index is 12.8. The molecular weight excluding hydrogens is 374 g/mol. The molecule has 1 fully saturated rings. The van der Waals surface area contributed by atoms with Gasteiger partial charge in [-0.25, -0.2) is 4.79 Å². The topological polar surface area (TPSA) is 102 Å². The van der Waals surface area contributed by atoms with E-state index in [-0.39, 0.29) is 18.8 Å². The molecule has 8 nitrogen and oxygen atoms in total. The molecule has 1 heterocycles. The van der Waals surface area contributed by atoms with Crippen molar-refractivity contribution in [3.8, 4) is 5.75 Å². The molecule has 0 aliphatic carbocycles. The third-order valence-electron chi connectivity index (χ3n) is 4.31. The fourth-order valence-electron chi connectivity index (χ4n) is 2.82. The Morgan fingerprint density at radius 2 is 1.93 bits per heavy atom. The summed E-state index contributed by atoms with van der Waals surface area (Å²) in [7, 11) is 0. The van der Waals surface area contributed by atoms with Gasteiger partial charge in [0, 0.05) is 17.2 Å². The average molecular weight is 390 g/mol. The Morgan fingerprint density at radius 3 is 2.56 bits per heavy atom. The van der Waals surface area contributed by atoms with Crippen LogP contribution in [-0.4, -0.2) is 34.9 Å². The summed E-state index contributed by atoms with van der Waals surface area (Å²) in [6.45, 7) is 1.72. The molecule has 0 spiro atoms. The lowest BCUT2D eigenvalue weighted by atomic mass is 9.92. The summed E-state index contributed by atoms with van der Waals surface area (Å²) in [6.07, 6.45) is 0. The molecule has 1 N–H and O–H groups in total. The Hall–Kier alpha value is -3.13. The second kappa shape index (κ2) is 7.24. The highest BCUT2D eigenvalue weighted by molar-refractivity contribution is 6.30. The van der Waals surface area contributed by atoms with Gasteiger partial charge in [-0.3, -0.25) is 19.8 Å². The molecule has 2 aromatic rings. The number of nitro groups is 1. The van der Waals surface area contributed by atoms with E-state index in [9.17, 15) is 19.7 Å². The maximum atomic E-state index is 12.8. The first-order valence-corrected chi connectivity index (χ1v) is 8.46. The number of benzene rings is 2. The molecule has 2 aromatic carbocycles. The summed E-state index contributed by atoms with van der Waals surface area (Å²) in [6, 6.07) is 11.8. The van der Waals surface area contributed by atoms with E-state index in [0.29, 0.717) is 16.3 Å². The van der Waals surface area contributed by atoms with Crippen molar-refractivity contribution in [2.24, 2.45) is 0 Å². The van der Waals surface area contributed by atoms with Crippen molar-refractivity contribution in [1.82, 2.24) is 10.2 Å². The van der Waals surface area contributed by atoms with Crippen LogP contribution in [0.2, 0.25) is 5.02 Å². The SMILES string of the molecule is CC1(c2ccc([N+](=O)[O-])cc2)NC(=O)N(CCOc2cccc(Cl)c2)C1=O. The molecule has 0 aromatic heterocycles. The molecule has 1 saturated heterocycles. The zero-order valence-corrected chi connectivity index (χ0v) is 15.1. The fourth-order valence-corrected chi connectivity index (χ4v) is 3.00. The number of nitro benzene ring substituents is 1. The number of ether oxygens (including phenoxy) is 1. The Bertz CT molecular complexity index is 902. The predicted octanol–water partition coefficient (Wildman–Crippen LogP) is 3.09. The van der Waals surface area contributed by atoms with Gasteiger partial charge in [0.15, 0.2) is 0 Å². The van der Waals surface area contributed by atoms with Gasteiger partial charge in [0.05, 0.1) is 11.5 Å². The second-order valence-corrected chi connectivity index (χ2v) is 6.56. The molecule has 0 radical (unpaired) electrons. The van der Waals surface area contributed by atoms with Crippen LogP contribution in [0.1, 0.15) is 12.5 Å². The molecule has 140 valence electrons. The number of hydrogen-bond donors (Lipinski definition) is 1. The zero-order valence-electron chi connectivity index (χ0n) is 14.3. The van der Waals surface area contributed by atoms with Crippen molar-refractivity contribution < 1.29 is 19.2 Å². The van der Waals surface area contributed by atoms with Gasteiger partial charge in [-0.1, -0.05) is 17.7 Å². The molecule has 0 saturated carbocycles. The molecule has 3 rings (SSSR count). The van der Waals surface area contributed by atoms with E-state index in [2.05, 4.69) is 5.32 Å². The van der Waals surface area contributed by atoms with Crippen molar-refractivity contribution in [2.45, 2.75) is 12.5 Å². The number of urea groups is 1. The number of non-ortho nitro benzene ring substituents is 1. The molecule has 27 heavy (non-hydrogen) atoms. The summed E-state index contributed by atoms with van der Waals surface area (Å²) in [5.41, 5.74) is -0.918. The quantitative estimate of drug-likeness (QED) is 0.464. The summed E-state index contributed by atoms with van der Waals surface area (Å²) < 4.78 is 5.53. The fraction of sp³-hybridized carbons (Fsp3) is 0.222. The Kier molecular flexibility index (Phi) is 5.00. The number of hydrogen-bond acceptors (Lipinski definition) is 5. The second-order valence-electron chi connectivity index (χ2n) is 6.12. The van der Waals surface area contributed by atoms with Crippen molar-refractivity contribution in [2.75, 3.05) is 13.2 Å². The number of imide groups is 1. The Labute approximate surface area is 159 Å². The van der Waals surface area contributed by atoms with E-state index >= 15 is 0 Å². The number of carbonyl (C=O) groups excluding carboxylic acids is 2. The normalized spacial score (nSPS) is 19.1. The number of nitrogens with one attached hydrogen (secondary N) is 1. The lowest BCUT2D eigenvalue weighted by molar-refractivity contribution is -0.384. The van der Waals surface area contributed by atoms with Crippen molar-refractivity contribution in [3.05, 3.63) is 69.2 Å². The van der Waals surface area contributed by atoms with Crippen molar-refractivity contribution in [1.29, 1.82) is 0 Å². The van der Waals surface area contributed by atoms with Gasteiger partial charge in [-0.2, -0.15) is 0 Å². The van der Waals surface area contributed by atoms with Crippen molar-refractivity contribution >= 4 is 29.2 Å². The van der Waals surface area contributed by atoms with Gasteiger partial charge in [-0.15, -0.1) is 0 Å². The molecular formula is C18H16ClN3O5. The van der Waals surface area contributed by atoms with Crippen LogP contribution in [0.5, 0.6) is 5.75 Å². The van der Waals surface area contributed by atoms with Crippen LogP contribution in [0.25, 0.3) is 0 Å². The Balaban J connectivity index is 1.69. The Morgan fingerprint density at radius 1 is 1.22 bits per heavy atom. The van der Waals surface area contributed by atoms with Gasteiger partial charge in [0.1, 0.15) is 17.9 Å². The van der Waals surface area contributed by atoms with Gasteiger partial charge in [0.2, 0.25) is 0 Å². The van der Waals surface area contributed by atoms with E-state index in [4.69, 9.17) is 16.3 Å². The third kappa shape index (κ3) is 3.70. The van der Waals surface area contributed by atoms with Crippen LogP contribution < -0.4 is 10.1 Å². The summed E-state index contributed by atoms with van der Waals surface area (Å²) in [4.78, 5) is 36.4. The van der Waals surface area contributed by atoms with Crippen LogP contribution in [0.3, 0.4) is 0 Å². The lowest BCUT2D eigenvalue weighted by Crippen LogP contribution is -2.41. The monoisotopic (exact) mass is 389 g/mol. The highest BCUT2D eigenvalue weighted by Crippen LogP contribution is 2.30. The van der Waals surface area contributed by atoms with Crippen LogP contribution in [0.15, 0.2) is 48.5 Å². The molecule has 1 aliphatic rings. The van der Waals surface area contributed by atoms with Crippen LogP contribution >= 0.6 is 11.6 Å². The van der Waals surface area contributed by atoms with Crippen LogP contribution in [-0.2, 0) is 10.3 Å².